The summed E-state index contributed by atoms with van der Waals surface area (Å²) in [6.45, 7) is 2.95. The number of carbonyl (C=O) groups is 1. The molecule has 14 heavy (non-hydrogen) atoms. The number of nitrogens with two attached hydrogens (primary N) is 1. The van der Waals surface area contributed by atoms with Crippen molar-refractivity contribution >= 4 is 5.91 Å². The third kappa shape index (κ3) is 11.4. The second-order valence-corrected chi connectivity index (χ2v) is 3.64. The minimum absolute atomic E-state index is 0.0653. The van der Waals surface area contributed by atoms with Crippen molar-refractivity contribution < 1.29 is 9.53 Å². The molecule has 84 valence electrons. The molecular formula is C11H23NO2. The molecule has 0 aliphatic rings. The Kier molecular flexibility index (Phi) is 10.1. The van der Waals surface area contributed by atoms with Crippen molar-refractivity contribution in [3.8, 4) is 0 Å². The molecule has 0 fully saturated rings. The van der Waals surface area contributed by atoms with Crippen molar-refractivity contribution in [1.29, 1.82) is 0 Å². The van der Waals surface area contributed by atoms with Crippen LogP contribution in [0.2, 0.25) is 0 Å². The van der Waals surface area contributed by atoms with E-state index in [1.807, 2.05) is 0 Å². The molecule has 0 bridgehead atoms. The molecule has 2 N–H and O–H groups in total. The Morgan fingerprint density at radius 3 is 2.21 bits per heavy atom. The maximum Gasteiger partial charge on any atom is 0.243 e. The third-order valence-electron chi connectivity index (χ3n) is 2.14. The van der Waals surface area contributed by atoms with Gasteiger partial charge in [0.1, 0.15) is 6.61 Å². The predicted octanol–water partition coefficient (Wildman–Crippen LogP) is 2.24. The molecule has 3 heteroatoms. The Bertz CT molecular complexity index is 137. The first-order valence-corrected chi connectivity index (χ1v) is 5.63. The molecule has 0 aromatic carbocycles. The van der Waals surface area contributed by atoms with Crippen LogP contribution in [0.1, 0.15) is 51.9 Å². The summed E-state index contributed by atoms with van der Waals surface area (Å²) < 4.78 is 5.05. The van der Waals surface area contributed by atoms with Gasteiger partial charge in [0.2, 0.25) is 5.91 Å². The summed E-state index contributed by atoms with van der Waals surface area (Å²) in [6.07, 6.45) is 8.82. The van der Waals surface area contributed by atoms with Gasteiger partial charge in [0, 0.05) is 6.61 Å². The zero-order chi connectivity index (χ0) is 10.6. The Morgan fingerprint density at radius 2 is 1.64 bits per heavy atom. The Hall–Kier alpha value is -0.570. The monoisotopic (exact) mass is 201 g/mol. The summed E-state index contributed by atoms with van der Waals surface area (Å²) in [4.78, 5) is 10.3. The zero-order valence-corrected chi connectivity index (χ0v) is 9.26. The number of rotatable bonds is 10. The first kappa shape index (κ1) is 13.4. The Balaban J connectivity index is 2.88. The lowest BCUT2D eigenvalue weighted by Crippen LogP contribution is -2.18. The molecule has 0 radical (unpaired) electrons. The molecule has 0 aromatic rings. The Labute approximate surface area is 87.0 Å². The van der Waals surface area contributed by atoms with Crippen molar-refractivity contribution in [2.45, 2.75) is 51.9 Å². The summed E-state index contributed by atoms with van der Waals surface area (Å²) in [6, 6.07) is 0. The van der Waals surface area contributed by atoms with Crippen LogP contribution >= 0.6 is 0 Å². The maximum atomic E-state index is 10.3. The number of primary amides is 1. The van der Waals surface area contributed by atoms with Gasteiger partial charge in [-0.25, -0.2) is 0 Å². The predicted molar refractivity (Wildman–Crippen MR) is 58.0 cm³/mol. The van der Waals surface area contributed by atoms with E-state index in [4.69, 9.17) is 10.5 Å². The molecular weight excluding hydrogens is 178 g/mol. The highest BCUT2D eigenvalue weighted by molar-refractivity contribution is 5.74. The van der Waals surface area contributed by atoms with E-state index in [-0.39, 0.29) is 12.5 Å². The van der Waals surface area contributed by atoms with Gasteiger partial charge in [-0.15, -0.1) is 0 Å². The topological polar surface area (TPSA) is 52.3 Å². The van der Waals surface area contributed by atoms with Crippen molar-refractivity contribution in [1.82, 2.24) is 0 Å². The van der Waals surface area contributed by atoms with Crippen LogP contribution in [0.4, 0.5) is 0 Å². The van der Waals surface area contributed by atoms with Crippen LogP contribution in [0, 0.1) is 0 Å². The van der Waals surface area contributed by atoms with Gasteiger partial charge in [-0.1, -0.05) is 45.4 Å². The lowest BCUT2D eigenvalue weighted by Gasteiger charge is -2.01. The van der Waals surface area contributed by atoms with E-state index in [0.29, 0.717) is 6.61 Å². The van der Waals surface area contributed by atoms with Gasteiger partial charge in [0.05, 0.1) is 0 Å². The fourth-order valence-electron chi connectivity index (χ4n) is 1.33. The number of hydrogen-bond donors (Lipinski definition) is 1. The van der Waals surface area contributed by atoms with Crippen LogP contribution in [-0.4, -0.2) is 19.1 Å². The van der Waals surface area contributed by atoms with Crippen LogP contribution in [-0.2, 0) is 9.53 Å². The van der Waals surface area contributed by atoms with Crippen LogP contribution in [0.3, 0.4) is 0 Å². The lowest BCUT2D eigenvalue weighted by molar-refractivity contribution is -0.122. The lowest BCUT2D eigenvalue weighted by atomic mass is 10.1. The van der Waals surface area contributed by atoms with E-state index in [9.17, 15) is 4.79 Å². The van der Waals surface area contributed by atoms with Gasteiger partial charge in [-0.3, -0.25) is 4.79 Å². The largest absolute Gasteiger partial charge is 0.372 e. The average Bonchev–Trinajstić information content (AvgIpc) is 2.15. The van der Waals surface area contributed by atoms with Crippen molar-refractivity contribution in [3.05, 3.63) is 0 Å². The fourth-order valence-corrected chi connectivity index (χ4v) is 1.33. The van der Waals surface area contributed by atoms with E-state index in [0.717, 1.165) is 6.42 Å². The van der Waals surface area contributed by atoms with Crippen LogP contribution in [0.15, 0.2) is 0 Å². The molecule has 0 saturated heterocycles. The number of hydrogen-bond acceptors (Lipinski definition) is 2. The molecule has 0 aromatic heterocycles. The SMILES string of the molecule is CCCCCCCCCOCC(N)=O. The smallest absolute Gasteiger partial charge is 0.243 e. The summed E-state index contributed by atoms with van der Waals surface area (Å²) >= 11 is 0. The van der Waals surface area contributed by atoms with E-state index < -0.39 is 0 Å². The summed E-state index contributed by atoms with van der Waals surface area (Å²) in [5, 5.41) is 0. The number of unbranched alkanes of at least 4 members (excludes halogenated alkanes) is 6. The molecule has 0 aliphatic carbocycles. The van der Waals surface area contributed by atoms with Crippen LogP contribution in [0.5, 0.6) is 0 Å². The Morgan fingerprint density at radius 1 is 1.07 bits per heavy atom. The highest BCUT2D eigenvalue weighted by Crippen LogP contribution is 2.06. The van der Waals surface area contributed by atoms with Gasteiger partial charge in [0.25, 0.3) is 0 Å². The van der Waals surface area contributed by atoms with Gasteiger partial charge < -0.3 is 10.5 Å². The summed E-state index contributed by atoms with van der Waals surface area (Å²) in [7, 11) is 0. The van der Waals surface area contributed by atoms with Crippen LogP contribution in [0.25, 0.3) is 0 Å². The third-order valence-corrected chi connectivity index (χ3v) is 2.14. The van der Waals surface area contributed by atoms with Gasteiger partial charge in [0.15, 0.2) is 0 Å². The van der Waals surface area contributed by atoms with Crippen molar-refractivity contribution in [2.24, 2.45) is 5.73 Å². The molecule has 0 aliphatic heterocycles. The zero-order valence-electron chi connectivity index (χ0n) is 9.26. The standard InChI is InChI=1S/C11H23NO2/c1-2-3-4-5-6-7-8-9-14-10-11(12)13/h2-10H2,1H3,(H2,12,13). The van der Waals surface area contributed by atoms with E-state index in [1.54, 1.807) is 0 Å². The first-order valence-electron chi connectivity index (χ1n) is 5.63. The van der Waals surface area contributed by atoms with Crippen molar-refractivity contribution in [3.63, 3.8) is 0 Å². The van der Waals surface area contributed by atoms with E-state index in [1.165, 1.54) is 38.5 Å². The maximum absolute atomic E-state index is 10.3. The molecule has 0 heterocycles. The number of ether oxygens (including phenoxy) is 1. The molecule has 0 rings (SSSR count). The average molecular weight is 201 g/mol. The van der Waals surface area contributed by atoms with E-state index in [2.05, 4.69) is 6.92 Å². The molecule has 0 saturated carbocycles. The second-order valence-electron chi connectivity index (χ2n) is 3.64. The van der Waals surface area contributed by atoms with Gasteiger partial charge in [-0.2, -0.15) is 0 Å². The molecule has 3 nitrogen and oxygen atoms in total. The first-order chi connectivity index (χ1) is 6.77. The molecule has 0 unspecified atom stereocenters. The molecule has 1 amide bonds. The quantitative estimate of drug-likeness (QED) is 0.551. The normalized spacial score (nSPS) is 10.4. The fraction of sp³-hybridized carbons (Fsp3) is 0.909. The number of carbonyl (C=O) groups excluding carboxylic acids is 1. The summed E-state index contributed by atoms with van der Waals surface area (Å²) in [5.74, 6) is -0.382. The van der Waals surface area contributed by atoms with Gasteiger partial charge in [-0.05, 0) is 6.42 Å². The van der Waals surface area contributed by atoms with Crippen molar-refractivity contribution in [2.75, 3.05) is 13.2 Å². The minimum Gasteiger partial charge on any atom is -0.372 e. The highest BCUT2D eigenvalue weighted by Gasteiger charge is 1.94. The summed E-state index contributed by atoms with van der Waals surface area (Å²) in [5.41, 5.74) is 4.92. The second kappa shape index (κ2) is 10.5. The molecule has 0 atom stereocenters. The van der Waals surface area contributed by atoms with Gasteiger partial charge >= 0.3 is 0 Å². The van der Waals surface area contributed by atoms with E-state index >= 15 is 0 Å². The highest BCUT2D eigenvalue weighted by atomic mass is 16.5. The van der Waals surface area contributed by atoms with Crippen LogP contribution < -0.4 is 5.73 Å². The molecule has 0 spiro atoms. The number of amides is 1. The minimum atomic E-state index is -0.382.